The third-order valence-corrected chi connectivity index (χ3v) is 3.88. The smallest absolute Gasteiger partial charge is 0.322 e. The highest BCUT2D eigenvalue weighted by atomic mass is 16.2. The van der Waals surface area contributed by atoms with E-state index >= 15 is 0 Å². The summed E-state index contributed by atoms with van der Waals surface area (Å²) in [6.07, 6.45) is 0.289. The van der Waals surface area contributed by atoms with Crippen LogP contribution in [-0.4, -0.2) is 24.0 Å². The van der Waals surface area contributed by atoms with Gasteiger partial charge in [0, 0.05) is 17.8 Å². The van der Waals surface area contributed by atoms with E-state index in [4.69, 9.17) is 0 Å². The van der Waals surface area contributed by atoms with E-state index in [-0.39, 0.29) is 30.4 Å². The largest absolute Gasteiger partial charge is 0.354 e. The van der Waals surface area contributed by atoms with E-state index in [1.165, 1.54) is 0 Å². The summed E-state index contributed by atoms with van der Waals surface area (Å²) in [6, 6.07) is 17.4. The van der Waals surface area contributed by atoms with Crippen LogP contribution in [0.1, 0.15) is 38.8 Å². The monoisotopic (exact) mass is 367 g/mol. The number of anilines is 1. The highest BCUT2D eigenvalue weighted by molar-refractivity contribution is 5.92. The average molecular weight is 367 g/mol. The van der Waals surface area contributed by atoms with Gasteiger partial charge >= 0.3 is 6.03 Å². The zero-order valence-corrected chi connectivity index (χ0v) is 16.5. The Hall–Kier alpha value is -2.82. The van der Waals surface area contributed by atoms with Crippen molar-refractivity contribution in [2.75, 3.05) is 4.90 Å². The van der Waals surface area contributed by atoms with Crippen LogP contribution in [-0.2, 0) is 17.8 Å². The Bertz CT molecular complexity index is 757. The maximum Gasteiger partial charge on any atom is 0.322 e. The number of nitrogens with one attached hydrogen (secondary N) is 2. The molecule has 2 aromatic carbocycles. The summed E-state index contributed by atoms with van der Waals surface area (Å²) in [5.41, 5.74) is 2.69. The van der Waals surface area contributed by atoms with Gasteiger partial charge in [-0.05, 0) is 51.0 Å². The second-order valence-corrected chi connectivity index (χ2v) is 7.24. The molecule has 2 aromatic rings. The molecule has 0 bridgehead atoms. The van der Waals surface area contributed by atoms with Crippen LogP contribution in [0.5, 0.6) is 0 Å². The molecule has 0 saturated carbocycles. The minimum absolute atomic E-state index is 0.0246. The molecule has 0 saturated heterocycles. The fourth-order valence-electron chi connectivity index (χ4n) is 2.76. The Balaban J connectivity index is 2.24. The molecular weight excluding hydrogens is 338 g/mol. The van der Waals surface area contributed by atoms with Crippen LogP contribution in [0.25, 0.3) is 0 Å². The van der Waals surface area contributed by atoms with Crippen LogP contribution in [0.2, 0.25) is 0 Å². The molecule has 144 valence electrons. The number of rotatable bonds is 7. The van der Waals surface area contributed by atoms with Gasteiger partial charge in [-0.3, -0.25) is 9.69 Å². The quantitative estimate of drug-likeness (QED) is 0.780. The lowest BCUT2D eigenvalue weighted by atomic mass is 10.1. The molecule has 2 rings (SSSR count). The van der Waals surface area contributed by atoms with Crippen molar-refractivity contribution in [1.82, 2.24) is 10.6 Å². The molecule has 0 aliphatic carbocycles. The Labute approximate surface area is 161 Å². The van der Waals surface area contributed by atoms with Gasteiger partial charge in [-0.15, -0.1) is 0 Å². The van der Waals surface area contributed by atoms with E-state index < -0.39 is 0 Å². The van der Waals surface area contributed by atoms with Crippen molar-refractivity contribution in [3.63, 3.8) is 0 Å². The molecule has 0 spiro atoms. The number of carbonyl (C=O) groups excluding carboxylic acids is 2. The van der Waals surface area contributed by atoms with Crippen molar-refractivity contribution in [1.29, 1.82) is 0 Å². The van der Waals surface area contributed by atoms with Crippen LogP contribution < -0.4 is 15.5 Å². The number of hydrogen-bond donors (Lipinski definition) is 2. The van der Waals surface area contributed by atoms with Gasteiger partial charge in [0.05, 0.1) is 13.0 Å². The molecule has 3 amide bonds. The molecule has 0 aliphatic heterocycles. The van der Waals surface area contributed by atoms with E-state index in [1.54, 1.807) is 4.90 Å². The number of carbonyl (C=O) groups is 2. The molecule has 0 aromatic heterocycles. The first-order valence-corrected chi connectivity index (χ1v) is 9.35. The first-order valence-electron chi connectivity index (χ1n) is 9.35. The normalized spacial score (nSPS) is 10.7. The first-order chi connectivity index (χ1) is 12.8. The average Bonchev–Trinajstić information content (AvgIpc) is 2.59. The van der Waals surface area contributed by atoms with Gasteiger partial charge in [-0.2, -0.15) is 0 Å². The standard InChI is InChI=1S/C22H29N3O2/c1-16(2)23-21(26)14-19-11-8-12-20(13-19)25(22(27)24-17(3)4)15-18-9-6-5-7-10-18/h5-13,16-17H,14-15H2,1-4H3,(H,23,26)(H,24,27). The minimum Gasteiger partial charge on any atom is -0.354 e. The Morgan fingerprint density at radius 2 is 1.48 bits per heavy atom. The molecule has 0 fully saturated rings. The topological polar surface area (TPSA) is 61.4 Å². The lowest BCUT2D eigenvalue weighted by Crippen LogP contribution is -2.42. The molecule has 0 atom stereocenters. The summed E-state index contributed by atoms with van der Waals surface area (Å²) in [7, 11) is 0. The molecule has 0 unspecified atom stereocenters. The van der Waals surface area contributed by atoms with Gasteiger partial charge < -0.3 is 10.6 Å². The summed E-state index contributed by atoms with van der Waals surface area (Å²) in [6.45, 7) is 8.20. The molecule has 0 heterocycles. The Kier molecular flexibility index (Phi) is 7.41. The zero-order chi connectivity index (χ0) is 19.8. The SMILES string of the molecule is CC(C)NC(=O)Cc1cccc(N(Cc2ccccc2)C(=O)NC(C)C)c1. The van der Waals surface area contributed by atoms with Crippen molar-refractivity contribution in [2.24, 2.45) is 0 Å². The fourth-order valence-corrected chi connectivity index (χ4v) is 2.76. The van der Waals surface area contributed by atoms with Gasteiger partial charge in [0.15, 0.2) is 0 Å². The maximum atomic E-state index is 12.8. The van der Waals surface area contributed by atoms with E-state index in [0.717, 1.165) is 16.8 Å². The summed E-state index contributed by atoms with van der Waals surface area (Å²) in [4.78, 5) is 26.6. The molecular formula is C22H29N3O2. The second kappa shape index (κ2) is 9.76. The van der Waals surface area contributed by atoms with Crippen LogP contribution in [0.15, 0.2) is 54.6 Å². The number of urea groups is 1. The first kappa shape index (κ1) is 20.5. The summed E-state index contributed by atoms with van der Waals surface area (Å²) >= 11 is 0. The van der Waals surface area contributed by atoms with E-state index in [9.17, 15) is 9.59 Å². The van der Waals surface area contributed by atoms with Crippen molar-refractivity contribution < 1.29 is 9.59 Å². The van der Waals surface area contributed by atoms with E-state index in [0.29, 0.717) is 6.54 Å². The molecule has 0 radical (unpaired) electrons. The van der Waals surface area contributed by atoms with Crippen LogP contribution in [0.3, 0.4) is 0 Å². The second-order valence-electron chi connectivity index (χ2n) is 7.24. The van der Waals surface area contributed by atoms with Gasteiger partial charge in [-0.25, -0.2) is 4.79 Å². The zero-order valence-electron chi connectivity index (χ0n) is 16.5. The molecule has 5 heteroatoms. The third-order valence-electron chi connectivity index (χ3n) is 3.88. The van der Waals surface area contributed by atoms with Crippen molar-refractivity contribution in [2.45, 2.75) is 52.7 Å². The maximum absolute atomic E-state index is 12.8. The molecule has 27 heavy (non-hydrogen) atoms. The molecule has 5 nitrogen and oxygen atoms in total. The van der Waals surface area contributed by atoms with E-state index in [2.05, 4.69) is 10.6 Å². The lowest BCUT2D eigenvalue weighted by molar-refractivity contribution is -0.120. The number of amides is 3. The van der Waals surface area contributed by atoms with Crippen LogP contribution in [0, 0.1) is 0 Å². The van der Waals surface area contributed by atoms with Gasteiger partial charge in [-0.1, -0.05) is 42.5 Å². The Morgan fingerprint density at radius 3 is 2.11 bits per heavy atom. The summed E-state index contributed by atoms with van der Waals surface area (Å²) in [5, 5.41) is 5.85. The Morgan fingerprint density at radius 1 is 0.852 bits per heavy atom. The fraction of sp³-hybridized carbons (Fsp3) is 0.364. The summed E-state index contributed by atoms with van der Waals surface area (Å²) < 4.78 is 0. The number of benzene rings is 2. The number of nitrogens with zero attached hydrogens (tertiary/aromatic N) is 1. The highest BCUT2D eigenvalue weighted by Crippen LogP contribution is 2.20. The van der Waals surface area contributed by atoms with Gasteiger partial charge in [0.1, 0.15) is 0 Å². The predicted octanol–water partition coefficient (Wildman–Crippen LogP) is 3.88. The van der Waals surface area contributed by atoms with Crippen molar-refractivity contribution in [3.8, 4) is 0 Å². The predicted molar refractivity (Wildman–Crippen MR) is 110 cm³/mol. The summed E-state index contributed by atoms with van der Waals surface area (Å²) in [5.74, 6) is -0.0246. The van der Waals surface area contributed by atoms with Gasteiger partial charge in [0.2, 0.25) is 5.91 Å². The lowest BCUT2D eigenvalue weighted by Gasteiger charge is -2.25. The molecule has 2 N–H and O–H groups in total. The van der Waals surface area contributed by atoms with E-state index in [1.807, 2.05) is 82.3 Å². The highest BCUT2D eigenvalue weighted by Gasteiger charge is 2.18. The van der Waals surface area contributed by atoms with Crippen molar-refractivity contribution in [3.05, 3.63) is 65.7 Å². The van der Waals surface area contributed by atoms with Gasteiger partial charge in [0.25, 0.3) is 0 Å². The molecule has 0 aliphatic rings. The van der Waals surface area contributed by atoms with Crippen molar-refractivity contribution >= 4 is 17.6 Å². The number of hydrogen-bond acceptors (Lipinski definition) is 2. The van der Waals surface area contributed by atoms with Crippen LogP contribution >= 0.6 is 0 Å². The van der Waals surface area contributed by atoms with Crippen LogP contribution in [0.4, 0.5) is 10.5 Å². The minimum atomic E-state index is -0.155. The third kappa shape index (κ3) is 6.77.